The highest BCUT2D eigenvalue weighted by atomic mass is 19.4. The molecule has 9 heteroatoms. The molecule has 0 radical (unpaired) electrons. The highest BCUT2D eigenvalue weighted by Crippen LogP contribution is 2.27. The monoisotopic (exact) mass is 397 g/mol. The van der Waals surface area contributed by atoms with E-state index in [0.29, 0.717) is 23.6 Å². The molecule has 0 amide bonds. The minimum atomic E-state index is -4.40. The van der Waals surface area contributed by atoms with Crippen LogP contribution in [-0.2, 0) is 13.1 Å². The summed E-state index contributed by atoms with van der Waals surface area (Å²) in [5, 5.41) is 2.87. The second kappa shape index (κ2) is 9.72. The first-order valence-corrected chi connectivity index (χ1v) is 8.34. The molecule has 0 aliphatic rings. The van der Waals surface area contributed by atoms with Crippen LogP contribution in [0.5, 0.6) is 17.2 Å². The van der Waals surface area contributed by atoms with Crippen molar-refractivity contribution >= 4 is 5.96 Å². The predicted molar refractivity (Wildman–Crippen MR) is 99.7 cm³/mol. The van der Waals surface area contributed by atoms with Crippen molar-refractivity contribution in [1.29, 1.82) is 0 Å². The van der Waals surface area contributed by atoms with E-state index in [-0.39, 0.29) is 18.3 Å². The van der Waals surface area contributed by atoms with Crippen LogP contribution in [-0.4, -0.2) is 33.0 Å². The third kappa shape index (κ3) is 6.57. The highest BCUT2D eigenvalue weighted by Gasteiger charge is 2.28. The van der Waals surface area contributed by atoms with E-state index in [9.17, 15) is 13.2 Å². The Morgan fingerprint density at radius 1 is 1.04 bits per heavy atom. The van der Waals surface area contributed by atoms with Gasteiger partial charge in [-0.2, -0.15) is 13.2 Å². The lowest BCUT2D eigenvalue weighted by molar-refractivity contribution is -0.153. The number of benzene rings is 2. The number of alkyl halides is 3. The number of hydrogen-bond donors (Lipinski definition) is 2. The van der Waals surface area contributed by atoms with Gasteiger partial charge >= 0.3 is 6.18 Å². The molecular formula is C19H22F3N3O3. The van der Waals surface area contributed by atoms with Gasteiger partial charge in [-0.1, -0.05) is 24.3 Å². The smallest absolute Gasteiger partial charge is 0.422 e. The Kier molecular flexibility index (Phi) is 7.36. The fourth-order valence-corrected chi connectivity index (χ4v) is 2.35. The molecule has 0 saturated heterocycles. The number of ether oxygens (including phenoxy) is 3. The number of nitrogens with zero attached hydrogens (tertiary/aromatic N) is 1. The molecule has 2 aromatic carbocycles. The lowest BCUT2D eigenvalue weighted by Crippen LogP contribution is -2.31. The number of methoxy groups -OCH3 is 2. The summed E-state index contributed by atoms with van der Waals surface area (Å²) in [5.74, 6) is 1.48. The van der Waals surface area contributed by atoms with Gasteiger partial charge < -0.3 is 25.3 Å². The molecular weight excluding hydrogens is 375 g/mol. The minimum absolute atomic E-state index is 0.139. The molecule has 3 N–H and O–H groups in total. The highest BCUT2D eigenvalue weighted by molar-refractivity contribution is 5.77. The summed E-state index contributed by atoms with van der Waals surface area (Å²) >= 11 is 0. The van der Waals surface area contributed by atoms with E-state index in [1.54, 1.807) is 44.6 Å². The summed E-state index contributed by atoms with van der Waals surface area (Å²) in [6.45, 7) is -0.881. The first-order chi connectivity index (χ1) is 13.3. The average Bonchev–Trinajstić information content (AvgIpc) is 2.68. The number of guanidine groups is 1. The van der Waals surface area contributed by atoms with Crippen LogP contribution in [0.15, 0.2) is 47.5 Å². The maximum Gasteiger partial charge on any atom is 0.422 e. The molecule has 0 aliphatic carbocycles. The van der Waals surface area contributed by atoms with Crippen LogP contribution in [0.2, 0.25) is 0 Å². The van der Waals surface area contributed by atoms with Crippen molar-refractivity contribution in [1.82, 2.24) is 5.32 Å². The van der Waals surface area contributed by atoms with Crippen molar-refractivity contribution in [2.75, 3.05) is 20.8 Å². The maximum absolute atomic E-state index is 12.4. The number of para-hydroxylation sites is 1. The molecule has 6 nitrogen and oxygen atoms in total. The maximum atomic E-state index is 12.4. The van der Waals surface area contributed by atoms with Crippen LogP contribution in [0.3, 0.4) is 0 Å². The van der Waals surface area contributed by atoms with Crippen molar-refractivity contribution in [3.05, 3.63) is 53.6 Å². The summed E-state index contributed by atoms with van der Waals surface area (Å²) in [7, 11) is 3.09. The third-order valence-corrected chi connectivity index (χ3v) is 3.70. The standard InChI is InChI=1S/C19H22F3N3O3/c1-26-16-8-7-13(9-17(16)27-2)10-24-18(23)25-11-14-5-3-4-6-15(14)28-12-19(20,21)22/h3-9H,10-12H2,1-2H3,(H3,23,24,25). The SMILES string of the molecule is COc1ccc(CN=C(N)NCc2ccccc2OCC(F)(F)F)cc1OC. The van der Waals surface area contributed by atoms with Crippen molar-refractivity contribution < 1.29 is 27.4 Å². The predicted octanol–water partition coefficient (Wildman–Crippen LogP) is 3.25. The number of aliphatic imine (C=N–C) groups is 1. The van der Waals surface area contributed by atoms with Gasteiger partial charge in [0.1, 0.15) is 5.75 Å². The number of nitrogens with one attached hydrogen (secondary N) is 1. The Hall–Kier alpha value is -3.10. The molecule has 0 aromatic heterocycles. The summed E-state index contributed by atoms with van der Waals surface area (Å²) in [5.41, 5.74) is 7.25. The molecule has 0 spiro atoms. The Balaban J connectivity index is 1.96. The second-order valence-electron chi connectivity index (χ2n) is 5.76. The van der Waals surface area contributed by atoms with Gasteiger partial charge in [0, 0.05) is 12.1 Å². The van der Waals surface area contributed by atoms with Gasteiger partial charge in [0.15, 0.2) is 24.1 Å². The van der Waals surface area contributed by atoms with Crippen molar-refractivity contribution in [3.63, 3.8) is 0 Å². The lowest BCUT2D eigenvalue weighted by Gasteiger charge is -2.14. The van der Waals surface area contributed by atoms with Gasteiger partial charge in [-0.3, -0.25) is 0 Å². The molecule has 152 valence electrons. The summed E-state index contributed by atoms with van der Waals surface area (Å²) in [4.78, 5) is 4.22. The van der Waals surface area contributed by atoms with Gasteiger partial charge in [0.25, 0.3) is 0 Å². The molecule has 0 saturated carbocycles. The molecule has 28 heavy (non-hydrogen) atoms. The van der Waals surface area contributed by atoms with Gasteiger partial charge in [-0.05, 0) is 23.8 Å². The van der Waals surface area contributed by atoms with Gasteiger partial charge in [0.2, 0.25) is 0 Å². The zero-order valence-electron chi connectivity index (χ0n) is 15.5. The van der Waals surface area contributed by atoms with Crippen LogP contribution in [0, 0.1) is 0 Å². The third-order valence-electron chi connectivity index (χ3n) is 3.70. The number of halogens is 3. The van der Waals surface area contributed by atoms with Crippen molar-refractivity contribution in [2.45, 2.75) is 19.3 Å². The Bertz CT molecular complexity index is 810. The fourth-order valence-electron chi connectivity index (χ4n) is 2.35. The number of hydrogen-bond acceptors (Lipinski definition) is 4. The molecule has 0 atom stereocenters. The van der Waals surface area contributed by atoms with Crippen LogP contribution in [0.25, 0.3) is 0 Å². The van der Waals surface area contributed by atoms with E-state index in [4.69, 9.17) is 19.9 Å². The van der Waals surface area contributed by atoms with Gasteiger partial charge in [-0.25, -0.2) is 4.99 Å². The number of nitrogens with two attached hydrogens (primary N) is 1. The first kappa shape index (κ1) is 21.2. The quantitative estimate of drug-likeness (QED) is 0.528. The van der Waals surface area contributed by atoms with Crippen molar-refractivity contribution in [2.24, 2.45) is 10.7 Å². The Labute approximate surface area is 161 Å². The molecule has 2 aromatic rings. The molecule has 2 rings (SSSR count). The fraction of sp³-hybridized carbons (Fsp3) is 0.316. The van der Waals surface area contributed by atoms with Crippen LogP contribution >= 0.6 is 0 Å². The zero-order chi connectivity index (χ0) is 20.6. The van der Waals surface area contributed by atoms with Crippen LogP contribution in [0.4, 0.5) is 13.2 Å². The van der Waals surface area contributed by atoms with Crippen LogP contribution < -0.4 is 25.3 Å². The van der Waals surface area contributed by atoms with Gasteiger partial charge in [-0.15, -0.1) is 0 Å². The summed E-state index contributed by atoms with van der Waals surface area (Å²) in [6.07, 6.45) is -4.40. The Morgan fingerprint density at radius 3 is 2.43 bits per heavy atom. The first-order valence-electron chi connectivity index (χ1n) is 8.34. The van der Waals surface area contributed by atoms with Crippen molar-refractivity contribution in [3.8, 4) is 17.2 Å². The summed E-state index contributed by atoms with van der Waals surface area (Å²) < 4.78 is 52.3. The molecule has 0 bridgehead atoms. The van der Waals surface area contributed by atoms with Crippen LogP contribution in [0.1, 0.15) is 11.1 Å². The summed E-state index contributed by atoms with van der Waals surface area (Å²) in [6, 6.07) is 11.8. The molecule has 0 heterocycles. The normalized spacial score (nSPS) is 11.8. The number of rotatable bonds is 8. The average molecular weight is 397 g/mol. The molecule has 0 unspecified atom stereocenters. The zero-order valence-corrected chi connectivity index (χ0v) is 15.5. The van der Waals surface area contributed by atoms with E-state index < -0.39 is 12.8 Å². The topological polar surface area (TPSA) is 78.1 Å². The van der Waals surface area contributed by atoms with E-state index >= 15 is 0 Å². The van der Waals surface area contributed by atoms with E-state index in [1.165, 1.54) is 6.07 Å². The Morgan fingerprint density at radius 2 is 1.75 bits per heavy atom. The van der Waals surface area contributed by atoms with E-state index in [0.717, 1.165) is 5.56 Å². The van der Waals surface area contributed by atoms with E-state index in [2.05, 4.69) is 10.3 Å². The molecule has 0 fully saturated rings. The van der Waals surface area contributed by atoms with E-state index in [1.807, 2.05) is 6.07 Å². The molecule has 0 aliphatic heterocycles. The lowest BCUT2D eigenvalue weighted by atomic mass is 10.2. The second-order valence-corrected chi connectivity index (χ2v) is 5.76. The largest absolute Gasteiger partial charge is 0.493 e. The minimum Gasteiger partial charge on any atom is -0.493 e. The van der Waals surface area contributed by atoms with Gasteiger partial charge in [0.05, 0.1) is 20.8 Å².